The summed E-state index contributed by atoms with van der Waals surface area (Å²) >= 11 is 0. The molecule has 1 aliphatic carbocycles. The summed E-state index contributed by atoms with van der Waals surface area (Å²) in [7, 11) is 0. The lowest BCUT2D eigenvalue weighted by atomic mass is 10.2. The van der Waals surface area contributed by atoms with Crippen molar-refractivity contribution in [2.24, 2.45) is 0 Å². The summed E-state index contributed by atoms with van der Waals surface area (Å²) < 4.78 is 5.41. The molecule has 0 saturated heterocycles. The molecule has 2 rings (SSSR count). The number of nitrogens with one attached hydrogen (secondary N) is 1. The van der Waals surface area contributed by atoms with Crippen LogP contribution in [0, 0.1) is 0 Å². The summed E-state index contributed by atoms with van der Waals surface area (Å²) in [5.41, 5.74) is 2.62. The second kappa shape index (κ2) is 5.41. The average Bonchev–Trinajstić information content (AvgIpc) is 2.70. The van der Waals surface area contributed by atoms with Gasteiger partial charge in [0.15, 0.2) is 0 Å². The minimum atomic E-state index is 0.387. The summed E-state index contributed by atoms with van der Waals surface area (Å²) in [5, 5.41) is 3.58. The molecule has 0 spiro atoms. The summed E-state index contributed by atoms with van der Waals surface area (Å²) in [5.74, 6) is 0. The van der Waals surface area contributed by atoms with Crippen molar-refractivity contribution in [1.29, 1.82) is 0 Å². The van der Waals surface area contributed by atoms with E-state index in [9.17, 15) is 0 Å². The SMILES string of the molecule is CCOCC(C)NC1CCc2cccnc21. The molecule has 1 heterocycles. The molecule has 2 atom stereocenters. The summed E-state index contributed by atoms with van der Waals surface area (Å²) in [6, 6.07) is 4.99. The Morgan fingerprint density at radius 1 is 1.62 bits per heavy atom. The van der Waals surface area contributed by atoms with Gasteiger partial charge in [-0.3, -0.25) is 4.98 Å². The molecule has 0 saturated carbocycles. The van der Waals surface area contributed by atoms with E-state index in [-0.39, 0.29) is 0 Å². The van der Waals surface area contributed by atoms with Gasteiger partial charge in [0.2, 0.25) is 0 Å². The molecular formula is C13H20N2O. The number of fused-ring (bicyclic) bond motifs is 1. The van der Waals surface area contributed by atoms with Gasteiger partial charge in [-0.05, 0) is 38.3 Å². The third-order valence-corrected chi connectivity index (χ3v) is 3.02. The first kappa shape index (κ1) is 11.6. The predicted molar refractivity (Wildman–Crippen MR) is 64.4 cm³/mol. The molecular weight excluding hydrogens is 200 g/mol. The molecule has 1 N–H and O–H groups in total. The lowest BCUT2D eigenvalue weighted by Crippen LogP contribution is -2.33. The molecule has 16 heavy (non-hydrogen) atoms. The molecule has 1 aromatic heterocycles. The highest BCUT2D eigenvalue weighted by Gasteiger charge is 2.24. The number of nitrogens with zero attached hydrogens (tertiary/aromatic N) is 1. The van der Waals surface area contributed by atoms with Crippen LogP contribution in [0.5, 0.6) is 0 Å². The molecule has 1 aliphatic rings. The molecule has 0 fully saturated rings. The first-order valence-electron chi connectivity index (χ1n) is 6.09. The van der Waals surface area contributed by atoms with Crippen molar-refractivity contribution < 1.29 is 4.74 Å². The van der Waals surface area contributed by atoms with Gasteiger partial charge in [0.1, 0.15) is 0 Å². The standard InChI is InChI=1S/C13H20N2O/c1-3-16-9-10(2)15-12-7-6-11-5-4-8-14-13(11)12/h4-5,8,10,12,15H,3,6-7,9H2,1-2H3. The minimum Gasteiger partial charge on any atom is -0.380 e. The summed E-state index contributed by atoms with van der Waals surface area (Å²) in [6.45, 7) is 5.75. The van der Waals surface area contributed by atoms with E-state index in [1.807, 2.05) is 19.2 Å². The fourth-order valence-electron chi connectivity index (χ4n) is 2.26. The molecule has 3 nitrogen and oxygen atoms in total. The third kappa shape index (κ3) is 2.60. The van der Waals surface area contributed by atoms with E-state index in [0.717, 1.165) is 26.1 Å². The van der Waals surface area contributed by atoms with Crippen molar-refractivity contribution in [3.63, 3.8) is 0 Å². The Morgan fingerprint density at radius 2 is 2.50 bits per heavy atom. The number of hydrogen-bond acceptors (Lipinski definition) is 3. The number of pyridine rings is 1. The van der Waals surface area contributed by atoms with Crippen LogP contribution in [0.1, 0.15) is 37.6 Å². The van der Waals surface area contributed by atoms with E-state index in [2.05, 4.69) is 23.3 Å². The van der Waals surface area contributed by atoms with E-state index in [0.29, 0.717) is 12.1 Å². The van der Waals surface area contributed by atoms with Gasteiger partial charge in [-0.1, -0.05) is 6.07 Å². The minimum absolute atomic E-state index is 0.387. The van der Waals surface area contributed by atoms with Crippen molar-refractivity contribution in [2.45, 2.75) is 38.8 Å². The molecule has 0 aromatic carbocycles. The monoisotopic (exact) mass is 220 g/mol. The zero-order valence-electron chi connectivity index (χ0n) is 10.1. The molecule has 1 aromatic rings. The Labute approximate surface area is 97.2 Å². The first-order valence-corrected chi connectivity index (χ1v) is 6.09. The maximum absolute atomic E-state index is 5.41. The van der Waals surface area contributed by atoms with Gasteiger partial charge in [0.25, 0.3) is 0 Å². The Kier molecular flexibility index (Phi) is 3.91. The molecule has 0 amide bonds. The summed E-state index contributed by atoms with van der Waals surface area (Å²) in [6.07, 6.45) is 4.18. The zero-order chi connectivity index (χ0) is 11.4. The largest absolute Gasteiger partial charge is 0.380 e. The van der Waals surface area contributed by atoms with Crippen molar-refractivity contribution in [3.05, 3.63) is 29.6 Å². The predicted octanol–water partition coefficient (Wildman–Crippen LogP) is 2.08. The Morgan fingerprint density at radius 3 is 3.31 bits per heavy atom. The van der Waals surface area contributed by atoms with Gasteiger partial charge in [-0.2, -0.15) is 0 Å². The van der Waals surface area contributed by atoms with Gasteiger partial charge in [-0.15, -0.1) is 0 Å². The van der Waals surface area contributed by atoms with E-state index >= 15 is 0 Å². The normalized spacial score (nSPS) is 20.8. The van der Waals surface area contributed by atoms with Crippen LogP contribution in [0.15, 0.2) is 18.3 Å². The van der Waals surface area contributed by atoms with E-state index in [1.165, 1.54) is 11.3 Å². The van der Waals surface area contributed by atoms with Crippen molar-refractivity contribution in [3.8, 4) is 0 Å². The van der Waals surface area contributed by atoms with Gasteiger partial charge in [0, 0.05) is 18.8 Å². The lowest BCUT2D eigenvalue weighted by Gasteiger charge is -2.19. The maximum Gasteiger partial charge on any atom is 0.0616 e. The van der Waals surface area contributed by atoms with Crippen LogP contribution in [-0.4, -0.2) is 24.2 Å². The topological polar surface area (TPSA) is 34.1 Å². The highest BCUT2D eigenvalue weighted by atomic mass is 16.5. The molecule has 0 aliphatic heterocycles. The summed E-state index contributed by atoms with van der Waals surface area (Å²) in [4.78, 5) is 4.47. The van der Waals surface area contributed by atoms with Gasteiger partial charge >= 0.3 is 0 Å². The number of aryl methyl sites for hydroxylation is 1. The first-order chi connectivity index (χ1) is 7.81. The van der Waals surface area contributed by atoms with Crippen LogP contribution in [0.3, 0.4) is 0 Å². The lowest BCUT2D eigenvalue weighted by molar-refractivity contribution is 0.123. The maximum atomic E-state index is 5.41. The van der Waals surface area contributed by atoms with Crippen molar-refractivity contribution >= 4 is 0 Å². The highest BCUT2D eigenvalue weighted by Crippen LogP contribution is 2.28. The van der Waals surface area contributed by atoms with Gasteiger partial charge in [-0.25, -0.2) is 0 Å². The van der Waals surface area contributed by atoms with Gasteiger partial charge in [0.05, 0.1) is 18.3 Å². The molecule has 2 unspecified atom stereocenters. The Balaban J connectivity index is 1.92. The van der Waals surface area contributed by atoms with Crippen LogP contribution in [-0.2, 0) is 11.2 Å². The van der Waals surface area contributed by atoms with E-state index < -0.39 is 0 Å². The zero-order valence-corrected chi connectivity index (χ0v) is 10.1. The van der Waals surface area contributed by atoms with Crippen LogP contribution >= 0.6 is 0 Å². The quantitative estimate of drug-likeness (QED) is 0.825. The van der Waals surface area contributed by atoms with Crippen molar-refractivity contribution in [2.75, 3.05) is 13.2 Å². The second-order valence-electron chi connectivity index (χ2n) is 4.37. The van der Waals surface area contributed by atoms with Crippen LogP contribution in [0.25, 0.3) is 0 Å². The number of aromatic nitrogens is 1. The van der Waals surface area contributed by atoms with Crippen LogP contribution < -0.4 is 5.32 Å². The van der Waals surface area contributed by atoms with Crippen LogP contribution in [0.4, 0.5) is 0 Å². The number of rotatable bonds is 5. The smallest absolute Gasteiger partial charge is 0.0616 e. The van der Waals surface area contributed by atoms with Crippen LogP contribution in [0.2, 0.25) is 0 Å². The fraction of sp³-hybridized carbons (Fsp3) is 0.615. The van der Waals surface area contributed by atoms with E-state index in [1.54, 1.807) is 0 Å². The average molecular weight is 220 g/mol. The number of ether oxygens (including phenoxy) is 1. The van der Waals surface area contributed by atoms with Crippen molar-refractivity contribution in [1.82, 2.24) is 10.3 Å². The molecule has 3 heteroatoms. The highest BCUT2D eigenvalue weighted by molar-refractivity contribution is 5.27. The fourth-order valence-corrected chi connectivity index (χ4v) is 2.26. The molecule has 0 radical (unpaired) electrons. The third-order valence-electron chi connectivity index (χ3n) is 3.02. The van der Waals surface area contributed by atoms with E-state index in [4.69, 9.17) is 4.74 Å². The molecule has 88 valence electrons. The second-order valence-corrected chi connectivity index (χ2v) is 4.37. The molecule has 0 bridgehead atoms. The Bertz CT molecular complexity index is 340. The number of hydrogen-bond donors (Lipinski definition) is 1. The van der Waals surface area contributed by atoms with Gasteiger partial charge < -0.3 is 10.1 Å². The Hall–Kier alpha value is -0.930.